The van der Waals surface area contributed by atoms with Crippen molar-refractivity contribution in [2.45, 2.75) is 39.2 Å². The zero-order valence-electron chi connectivity index (χ0n) is 20.3. The van der Waals surface area contributed by atoms with E-state index in [9.17, 15) is 4.79 Å². The number of carbonyl (C=O) groups is 1. The fraction of sp³-hybridized carbons (Fsp3) is 0.565. The lowest BCUT2D eigenvalue weighted by Gasteiger charge is -2.35. The van der Waals surface area contributed by atoms with E-state index in [1.54, 1.807) is 25.2 Å². The number of likely N-dealkylation sites (tertiary alicyclic amines) is 1. The molecule has 1 saturated heterocycles. The van der Waals surface area contributed by atoms with Gasteiger partial charge in [-0.2, -0.15) is 4.98 Å². The minimum Gasteiger partial charge on any atom is -0.481 e. The lowest BCUT2D eigenvalue weighted by molar-refractivity contribution is 0.0186. The lowest BCUT2D eigenvalue weighted by Crippen LogP contribution is -2.43. The number of aromatic nitrogens is 3. The number of nitrogens with one attached hydrogen (secondary N) is 1. The third kappa shape index (κ3) is 6.84. The summed E-state index contributed by atoms with van der Waals surface area (Å²) in [5.74, 6) is 2.79. The molecule has 2 aromatic heterocycles. The van der Waals surface area contributed by atoms with Crippen molar-refractivity contribution in [3.63, 3.8) is 0 Å². The Kier molecular flexibility index (Phi) is 7.78. The molecule has 10 heteroatoms. The van der Waals surface area contributed by atoms with Crippen molar-refractivity contribution in [2.75, 3.05) is 51.1 Å². The second-order valence-electron chi connectivity index (χ2n) is 9.09. The molecule has 3 heterocycles. The first-order chi connectivity index (χ1) is 15.7. The highest BCUT2D eigenvalue weighted by Crippen LogP contribution is 2.28. The number of amides is 1. The van der Waals surface area contributed by atoms with E-state index in [1.165, 1.54) is 6.33 Å². The van der Waals surface area contributed by atoms with Gasteiger partial charge in [-0.05, 0) is 45.6 Å². The molecule has 180 valence electrons. The molecule has 0 atom stereocenters. The van der Waals surface area contributed by atoms with Gasteiger partial charge in [-0.1, -0.05) is 0 Å². The molecule has 1 aliphatic rings. The van der Waals surface area contributed by atoms with Gasteiger partial charge in [0.25, 0.3) is 0 Å². The number of nitrogens with zero attached hydrogens (tertiary/aromatic N) is 5. The van der Waals surface area contributed by atoms with Crippen molar-refractivity contribution < 1.29 is 19.0 Å². The van der Waals surface area contributed by atoms with Gasteiger partial charge >= 0.3 is 6.09 Å². The fourth-order valence-corrected chi connectivity index (χ4v) is 3.66. The smallest absolute Gasteiger partial charge is 0.410 e. The van der Waals surface area contributed by atoms with Crippen LogP contribution in [-0.4, -0.2) is 72.4 Å². The lowest BCUT2D eigenvalue weighted by atomic mass is 9.96. The van der Waals surface area contributed by atoms with E-state index in [1.807, 2.05) is 40.0 Å². The van der Waals surface area contributed by atoms with Crippen LogP contribution in [-0.2, 0) is 4.74 Å². The van der Waals surface area contributed by atoms with Crippen LogP contribution >= 0.6 is 0 Å². The quantitative estimate of drug-likeness (QED) is 0.665. The average molecular weight is 459 g/mol. The molecule has 1 amide bonds. The van der Waals surface area contributed by atoms with Crippen LogP contribution < -0.4 is 19.7 Å². The molecule has 3 rings (SSSR count). The summed E-state index contributed by atoms with van der Waals surface area (Å²) >= 11 is 0. The Hall–Kier alpha value is -3.30. The maximum atomic E-state index is 12.3. The van der Waals surface area contributed by atoms with Gasteiger partial charge in [0, 0.05) is 38.8 Å². The van der Waals surface area contributed by atoms with Crippen molar-refractivity contribution in [2.24, 2.45) is 5.92 Å². The van der Waals surface area contributed by atoms with E-state index in [0.29, 0.717) is 42.3 Å². The number of pyridine rings is 1. The molecule has 1 aliphatic heterocycles. The van der Waals surface area contributed by atoms with Gasteiger partial charge in [0.2, 0.25) is 11.8 Å². The summed E-state index contributed by atoms with van der Waals surface area (Å²) in [4.78, 5) is 29.2. The van der Waals surface area contributed by atoms with Gasteiger partial charge < -0.3 is 29.3 Å². The van der Waals surface area contributed by atoms with Crippen LogP contribution in [0.5, 0.6) is 11.8 Å². The molecular weight excluding hydrogens is 424 g/mol. The van der Waals surface area contributed by atoms with E-state index >= 15 is 0 Å². The molecule has 33 heavy (non-hydrogen) atoms. The average Bonchev–Trinajstić information content (AvgIpc) is 2.79. The minimum absolute atomic E-state index is 0.232. The van der Waals surface area contributed by atoms with Crippen molar-refractivity contribution in [3.05, 3.63) is 24.5 Å². The minimum atomic E-state index is -0.473. The second kappa shape index (κ2) is 10.5. The number of rotatable bonds is 7. The van der Waals surface area contributed by atoms with Crippen LogP contribution in [0.1, 0.15) is 33.6 Å². The highest BCUT2D eigenvalue weighted by Gasteiger charge is 2.27. The van der Waals surface area contributed by atoms with E-state index in [0.717, 1.165) is 25.2 Å². The Morgan fingerprint density at radius 1 is 1.18 bits per heavy atom. The molecule has 0 radical (unpaired) electrons. The number of methoxy groups -OCH3 is 2. The van der Waals surface area contributed by atoms with Gasteiger partial charge in [0.1, 0.15) is 29.3 Å². The fourth-order valence-electron chi connectivity index (χ4n) is 3.66. The zero-order valence-corrected chi connectivity index (χ0v) is 20.3. The molecule has 1 N–H and O–H groups in total. The molecule has 0 aromatic carbocycles. The van der Waals surface area contributed by atoms with E-state index < -0.39 is 5.60 Å². The van der Waals surface area contributed by atoms with E-state index in [4.69, 9.17) is 14.2 Å². The normalized spacial score (nSPS) is 14.5. The molecule has 1 fully saturated rings. The molecule has 10 nitrogen and oxygen atoms in total. The second-order valence-corrected chi connectivity index (χ2v) is 9.09. The molecule has 0 spiro atoms. The first-order valence-electron chi connectivity index (χ1n) is 11.1. The number of hydrogen-bond acceptors (Lipinski definition) is 9. The molecule has 0 unspecified atom stereocenters. The number of hydrogen-bond donors (Lipinski definition) is 1. The third-order valence-electron chi connectivity index (χ3n) is 5.34. The number of piperidine rings is 1. The maximum absolute atomic E-state index is 12.3. The van der Waals surface area contributed by atoms with Crippen molar-refractivity contribution in [1.82, 2.24) is 19.9 Å². The summed E-state index contributed by atoms with van der Waals surface area (Å²) in [7, 11) is 5.13. The number of carbonyl (C=O) groups excluding carboxylic acids is 1. The molecule has 0 aliphatic carbocycles. The topological polar surface area (TPSA) is 102 Å². The number of ether oxygens (including phenoxy) is 3. The van der Waals surface area contributed by atoms with Crippen LogP contribution in [0.15, 0.2) is 24.5 Å². The monoisotopic (exact) mass is 458 g/mol. The summed E-state index contributed by atoms with van der Waals surface area (Å²) in [6, 6.07) is 5.47. The van der Waals surface area contributed by atoms with Crippen molar-refractivity contribution in [1.29, 1.82) is 0 Å². The Morgan fingerprint density at radius 3 is 2.55 bits per heavy atom. The predicted molar refractivity (Wildman–Crippen MR) is 126 cm³/mol. The van der Waals surface area contributed by atoms with E-state index in [-0.39, 0.29) is 6.09 Å². The van der Waals surface area contributed by atoms with Gasteiger partial charge in [-0.3, -0.25) is 0 Å². The van der Waals surface area contributed by atoms with Gasteiger partial charge in [-0.15, -0.1) is 0 Å². The summed E-state index contributed by atoms with van der Waals surface area (Å²) in [5, 5.41) is 3.23. The highest BCUT2D eigenvalue weighted by atomic mass is 16.6. The first-order valence-corrected chi connectivity index (χ1v) is 11.1. The molecule has 0 bridgehead atoms. The summed E-state index contributed by atoms with van der Waals surface area (Å²) in [6.45, 7) is 7.91. The first kappa shape index (κ1) is 24.3. The van der Waals surface area contributed by atoms with Gasteiger partial charge in [-0.25, -0.2) is 14.8 Å². The van der Waals surface area contributed by atoms with Crippen molar-refractivity contribution in [3.8, 4) is 11.8 Å². The van der Waals surface area contributed by atoms with Crippen LogP contribution in [0.2, 0.25) is 0 Å². The van der Waals surface area contributed by atoms with Crippen LogP contribution in [0.4, 0.5) is 22.1 Å². The highest BCUT2D eigenvalue weighted by molar-refractivity contribution is 5.68. The SMILES string of the molecule is COc1ccc(Nc2cc(N(C)CC3CCN(C(=O)OC(C)(C)C)CC3)ncn2)c(OC)n1. The summed E-state index contributed by atoms with van der Waals surface area (Å²) in [6.07, 6.45) is 3.15. The van der Waals surface area contributed by atoms with Crippen LogP contribution in [0.3, 0.4) is 0 Å². The number of anilines is 3. The van der Waals surface area contributed by atoms with Crippen LogP contribution in [0.25, 0.3) is 0 Å². The zero-order chi connectivity index (χ0) is 24.0. The van der Waals surface area contributed by atoms with Gasteiger partial charge in [0.15, 0.2) is 0 Å². The Labute approximate surface area is 195 Å². The standard InChI is InChI=1S/C23H34N6O4/c1-23(2,3)33-22(30)29-11-9-16(10-12-29)14-28(4)19-13-18(24-15-25-19)26-17-7-8-20(31-5)27-21(17)32-6/h7-8,13,15-16H,9-12,14H2,1-6H3,(H,24,25,26). The molecule has 2 aromatic rings. The molecular formula is C23H34N6O4. The Morgan fingerprint density at radius 2 is 1.91 bits per heavy atom. The largest absolute Gasteiger partial charge is 0.481 e. The maximum Gasteiger partial charge on any atom is 0.410 e. The summed E-state index contributed by atoms with van der Waals surface area (Å²) < 4.78 is 16.0. The summed E-state index contributed by atoms with van der Waals surface area (Å²) in [5.41, 5.74) is 0.207. The third-order valence-corrected chi connectivity index (χ3v) is 5.34. The Bertz CT molecular complexity index is 941. The van der Waals surface area contributed by atoms with Gasteiger partial charge in [0.05, 0.1) is 14.2 Å². The Balaban J connectivity index is 1.57. The van der Waals surface area contributed by atoms with Crippen molar-refractivity contribution >= 4 is 23.4 Å². The van der Waals surface area contributed by atoms with Crippen LogP contribution in [0, 0.1) is 5.92 Å². The predicted octanol–water partition coefficient (Wildman–Crippen LogP) is 3.72. The molecule has 0 saturated carbocycles. The van der Waals surface area contributed by atoms with E-state index in [2.05, 4.69) is 25.2 Å².